The van der Waals surface area contributed by atoms with Gasteiger partial charge in [-0.25, -0.2) is 0 Å². The predicted octanol–water partition coefficient (Wildman–Crippen LogP) is 1.92. The minimum Gasteiger partial charge on any atom is -0.342 e. The van der Waals surface area contributed by atoms with Crippen LogP contribution in [0, 0.1) is 28.1 Å². The molecule has 1 heterocycles. The molecule has 0 spiro atoms. The van der Waals surface area contributed by atoms with Gasteiger partial charge in [0.2, 0.25) is 5.91 Å². The van der Waals surface area contributed by atoms with Crippen molar-refractivity contribution < 1.29 is 9.59 Å². The van der Waals surface area contributed by atoms with Gasteiger partial charge in [0, 0.05) is 30.8 Å². The summed E-state index contributed by atoms with van der Waals surface area (Å²) in [5.41, 5.74) is -0.571. The summed E-state index contributed by atoms with van der Waals surface area (Å²) in [5.74, 6) is 0.176. The number of likely N-dealkylation sites (tertiary alicyclic amines) is 1. The summed E-state index contributed by atoms with van der Waals surface area (Å²) in [7, 11) is 0. The van der Waals surface area contributed by atoms with Gasteiger partial charge in [-0.15, -0.1) is 0 Å². The third-order valence-electron chi connectivity index (χ3n) is 4.76. The van der Waals surface area contributed by atoms with Crippen LogP contribution in [0.4, 0.5) is 0 Å². The summed E-state index contributed by atoms with van der Waals surface area (Å²) >= 11 is 0. The molecule has 2 rings (SSSR count). The number of fused-ring (bicyclic) bond motifs is 1. The number of rotatable bonds is 0. The van der Waals surface area contributed by atoms with Gasteiger partial charge >= 0.3 is 0 Å². The number of carbonyl (C=O) groups excluding carboxylic acids is 2. The molecule has 1 amide bonds. The van der Waals surface area contributed by atoms with E-state index >= 15 is 0 Å². The van der Waals surface area contributed by atoms with Crippen LogP contribution in [-0.2, 0) is 9.59 Å². The highest BCUT2D eigenvalue weighted by Crippen LogP contribution is 2.51. The van der Waals surface area contributed by atoms with Gasteiger partial charge in [-0.3, -0.25) is 9.59 Å². The van der Waals surface area contributed by atoms with Gasteiger partial charge in [0.1, 0.15) is 6.07 Å². The summed E-state index contributed by atoms with van der Waals surface area (Å²) in [6.45, 7) is 8.75. The van der Waals surface area contributed by atoms with Crippen LogP contribution in [0.25, 0.3) is 0 Å². The average Bonchev–Trinajstić information content (AvgIpc) is 2.33. The first kappa shape index (κ1) is 13.8. The molecule has 1 saturated heterocycles. The van der Waals surface area contributed by atoms with E-state index in [9.17, 15) is 9.59 Å². The Morgan fingerprint density at radius 3 is 2.63 bits per heavy atom. The van der Waals surface area contributed by atoms with Crippen molar-refractivity contribution in [2.45, 2.75) is 34.1 Å². The van der Waals surface area contributed by atoms with Crippen LogP contribution >= 0.6 is 0 Å². The van der Waals surface area contributed by atoms with E-state index in [2.05, 4.69) is 6.92 Å². The fourth-order valence-electron chi connectivity index (χ4n) is 3.80. The number of hydrogen-bond acceptors (Lipinski definition) is 3. The van der Waals surface area contributed by atoms with Gasteiger partial charge in [0.25, 0.3) is 0 Å². The number of ketones is 1. The SMILES string of the molecule is CC(=O)N1CC[C@H]2C(C)(C)C(=O)C(C#N)=C[C@]2(C)C1. The van der Waals surface area contributed by atoms with Gasteiger partial charge in [0.15, 0.2) is 5.78 Å². The Morgan fingerprint density at radius 1 is 1.47 bits per heavy atom. The third-order valence-corrected chi connectivity index (χ3v) is 4.76. The third kappa shape index (κ3) is 1.98. The van der Waals surface area contributed by atoms with Crippen LogP contribution < -0.4 is 0 Å². The number of allylic oxidation sites excluding steroid dienone is 1. The van der Waals surface area contributed by atoms with E-state index in [4.69, 9.17) is 5.26 Å². The summed E-state index contributed by atoms with van der Waals surface area (Å²) in [6.07, 6.45) is 2.60. The van der Waals surface area contributed by atoms with Crippen molar-refractivity contribution in [1.82, 2.24) is 4.90 Å². The number of nitriles is 1. The van der Waals surface area contributed by atoms with Crippen molar-refractivity contribution in [2.75, 3.05) is 13.1 Å². The zero-order chi connectivity index (χ0) is 14.4. The Hall–Kier alpha value is -1.63. The molecular formula is C15H20N2O2. The molecule has 0 unspecified atom stereocenters. The first-order valence-corrected chi connectivity index (χ1v) is 6.65. The Kier molecular flexibility index (Phi) is 3.04. The monoisotopic (exact) mass is 260 g/mol. The van der Waals surface area contributed by atoms with Crippen LogP contribution in [0.15, 0.2) is 11.6 Å². The second-order valence-electron chi connectivity index (χ2n) is 6.51. The van der Waals surface area contributed by atoms with Gasteiger partial charge < -0.3 is 4.90 Å². The van der Waals surface area contributed by atoms with Crippen molar-refractivity contribution in [1.29, 1.82) is 5.26 Å². The van der Waals surface area contributed by atoms with Crippen molar-refractivity contribution in [3.8, 4) is 6.07 Å². The molecule has 2 aliphatic rings. The number of amides is 1. The van der Waals surface area contributed by atoms with E-state index in [1.807, 2.05) is 24.8 Å². The highest BCUT2D eigenvalue weighted by Gasteiger charge is 2.53. The Labute approximate surface area is 114 Å². The fraction of sp³-hybridized carbons (Fsp3) is 0.667. The molecule has 0 aromatic rings. The minimum absolute atomic E-state index is 0.0567. The molecule has 0 aromatic carbocycles. The van der Waals surface area contributed by atoms with Crippen molar-refractivity contribution in [3.63, 3.8) is 0 Å². The second-order valence-corrected chi connectivity index (χ2v) is 6.51. The molecule has 0 saturated carbocycles. The van der Waals surface area contributed by atoms with Crippen LogP contribution in [0.1, 0.15) is 34.1 Å². The topological polar surface area (TPSA) is 61.2 Å². The molecule has 0 N–H and O–H groups in total. The molecule has 4 nitrogen and oxygen atoms in total. The maximum Gasteiger partial charge on any atom is 0.219 e. The lowest BCUT2D eigenvalue weighted by atomic mass is 9.55. The molecule has 0 bridgehead atoms. The van der Waals surface area contributed by atoms with Crippen LogP contribution in [0.3, 0.4) is 0 Å². The van der Waals surface area contributed by atoms with Gasteiger partial charge in [-0.05, 0) is 12.3 Å². The van der Waals surface area contributed by atoms with Crippen LogP contribution in [-0.4, -0.2) is 29.7 Å². The maximum absolute atomic E-state index is 12.3. The van der Waals surface area contributed by atoms with E-state index < -0.39 is 5.41 Å². The Balaban J connectivity index is 2.47. The fourth-order valence-corrected chi connectivity index (χ4v) is 3.80. The average molecular weight is 260 g/mol. The van der Waals surface area contributed by atoms with Crippen molar-refractivity contribution >= 4 is 11.7 Å². The minimum atomic E-state index is -0.530. The lowest BCUT2D eigenvalue weighted by molar-refractivity contribution is -0.139. The van der Waals surface area contributed by atoms with E-state index in [0.717, 1.165) is 6.42 Å². The number of piperidine rings is 1. The molecule has 102 valence electrons. The lowest BCUT2D eigenvalue weighted by Gasteiger charge is -2.52. The standard InChI is InChI=1S/C15H20N2O2/c1-10(18)17-6-5-12-14(2,3)13(19)11(8-16)7-15(12,4)9-17/h7,12H,5-6,9H2,1-4H3/t12-,15+/m0/s1. The van der Waals surface area contributed by atoms with Crippen LogP contribution in [0.5, 0.6) is 0 Å². The van der Waals surface area contributed by atoms with Crippen molar-refractivity contribution in [2.24, 2.45) is 16.7 Å². The maximum atomic E-state index is 12.3. The summed E-state index contributed by atoms with van der Waals surface area (Å²) in [6, 6.07) is 2.02. The molecule has 19 heavy (non-hydrogen) atoms. The largest absolute Gasteiger partial charge is 0.342 e. The highest BCUT2D eigenvalue weighted by molar-refractivity contribution is 6.04. The predicted molar refractivity (Wildman–Crippen MR) is 71.0 cm³/mol. The van der Waals surface area contributed by atoms with Crippen molar-refractivity contribution in [3.05, 3.63) is 11.6 Å². The van der Waals surface area contributed by atoms with Gasteiger partial charge in [0.05, 0.1) is 5.57 Å². The summed E-state index contributed by atoms with van der Waals surface area (Å²) in [5, 5.41) is 9.15. The zero-order valence-corrected chi connectivity index (χ0v) is 12.0. The van der Waals surface area contributed by atoms with Gasteiger partial charge in [-0.2, -0.15) is 5.26 Å². The number of Topliss-reactive ketones (excluding diaryl/α,β-unsaturated/α-hetero) is 1. The number of hydrogen-bond donors (Lipinski definition) is 0. The molecule has 1 fully saturated rings. The van der Waals surface area contributed by atoms with E-state index in [0.29, 0.717) is 13.1 Å². The highest BCUT2D eigenvalue weighted by atomic mass is 16.2. The molecule has 1 aliphatic carbocycles. The van der Waals surface area contributed by atoms with Crippen LogP contribution in [0.2, 0.25) is 0 Å². The van der Waals surface area contributed by atoms with Gasteiger partial charge in [-0.1, -0.05) is 26.8 Å². The quantitative estimate of drug-likeness (QED) is 0.668. The second kappa shape index (κ2) is 4.19. The smallest absolute Gasteiger partial charge is 0.219 e. The van der Waals surface area contributed by atoms with E-state index in [1.165, 1.54) is 0 Å². The molecule has 4 heteroatoms. The molecular weight excluding hydrogens is 240 g/mol. The number of carbonyl (C=O) groups is 2. The molecule has 2 atom stereocenters. The first-order chi connectivity index (χ1) is 8.72. The summed E-state index contributed by atoms with van der Waals surface area (Å²) in [4.78, 5) is 25.7. The van der Waals surface area contributed by atoms with E-state index in [-0.39, 0.29) is 28.6 Å². The number of nitrogens with zero attached hydrogens (tertiary/aromatic N) is 2. The Morgan fingerprint density at radius 2 is 2.11 bits per heavy atom. The zero-order valence-electron chi connectivity index (χ0n) is 12.0. The lowest BCUT2D eigenvalue weighted by Crippen LogP contribution is -2.56. The molecule has 1 aliphatic heterocycles. The first-order valence-electron chi connectivity index (χ1n) is 6.65. The Bertz CT molecular complexity index is 513. The molecule has 0 aromatic heterocycles. The normalized spacial score (nSPS) is 33.2. The van der Waals surface area contributed by atoms with E-state index in [1.54, 1.807) is 13.0 Å². The summed E-state index contributed by atoms with van der Waals surface area (Å²) < 4.78 is 0. The molecule has 0 radical (unpaired) electrons.